The Bertz CT molecular complexity index is 348. The van der Waals surface area contributed by atoms with Crippen LogP contribution in [0.5, 0.6) is 0 Å². The largest absolute Gasteiger partial charge is 0.381 e. The lowest BCUT2D eigenvalue weighted by molar-refractivity contribution is 0.0696. The highest BCUT2D eigenvalue weighted by atomic mass is 32.1. The number of nitrogens with two attached hydrogens (primary N) is 1. The SMILES string of the molecule is Nc1nnc(C(=O)NC2CCOCC2)s1. The van der Waals surface area contributed by atoms with Crippen molar-refractivity contribution in [3.05, 3.63) is 5.01 Å². The molecule has 7 heteroatoms. The van der Waals surface area contributed by atoms with Gasteiger partial charge < -0.3 is 15.8 Å². The van der Waals surface area contributed by atoms with Crippen molar-refractivity contribution in [3.63, 3.8) is 0 Å². The number of rotatable bonds is 2. The van der Waals surface area contributed by atoms with Gasteiger partial charge in [-0.3, -0.25) is 4.79 Å². The van der Waals surface area contributed by atoms with Crippen LogP contribution >= 0.6 is 11.3 Å². The Morgan fingerprint density at radius 2 is 2.20 bits per heavy atom. The van der Waals surface area contributed by atoms with Crippen LogP contribution < -0.4 is 11.1 Å². The van der Waals surface area contributed by atoms with E-state index in [4.69, 9.17) is 10.5 Å². The maximum atomic E-state index is 11.6. The monoisotopic (exact) mass is 228 g/mol. The van der Waals surface area contributed by atoms with Crippen LogP contribution in [0.1, 0.15) is 22.6 Å². The van der Waals surface area contributed by atoms with E-state index in [1.165, 1.54) is 0 Å². The molecular formula is C8H12N4O2S. The normalized spacial score (nSPS) is 17.6. The first-order valence-corrected chi connectivity index (χ1v) is 5.55. The molecule has 0 aliphatic carbocycles. The molecule has 0 atom stereocenters. The minimum atomic E-state index is -0.198. The molecule has 1 amide bonds. The highest BCUT2D eigenvalue weighted by Crippen LogP contribution is 2.12. The van der Waals surface area contributed by atoms with Gasteiger partial charge >= 0.3 is 0 Å². The van der Waals surface area contributed by atoms with Crippen molar-refractivity contribution in [2.75, 3.05) is 18.9 Å². The van der Waals surface area contributed by atoms with Crippen molar-refractivity contribution in [1.29, 1.82) is 0 Å². The summed E-state index contributed by atoms with van der Waals surface area (Å²) in [4.78, 5) is 11.6. The molecule has 0 spiro atoms. The van der Waals surface area contributed by atoms with E-state index in [2.05, 4.69) is 15.5 Å². The first-order valence-electron chi connectivity index (χ1n) is 4.73. The Hall–Kier alpha value is -1.21. The number of carbonyl (C=O) groups is 1. The Kier molecular flexibility index (Phi) is 3.12. The summed E-state index contributed by atoms with van der Waals surface area (Å²) in [6.07, 6.45) is 1.69. The zero-order valence-electron chi connectivity index (χ0n) is 8.10. The third-order valence-corrected chi connectivity index (χ3v) is 2.94. The van der Waals surface area contributed by atoms with Crippen LogP contribution in [0.2, 0.25) is 0 Å². The quantitative estimate of drug-likeness (QED) is 0.745. The van der Waals surface area contributed by atoms with Gasteiger partial charge in [0.05, 0.1) is 0 Å². The third kappa shape index (κ3) is 2.63. The molecule has 1 aliphatic rings. The number of hydrogen-bond donors (Lipinski definition) is 2. The summed E-state index contributed by atoms with van der Waals surface area (Å²) in [5.74, 6) is -0.198. The van der Waals surface area contributed by atoms with Crippen LogP contribution in [0.25, 0.3) is 0 Å². The second-order valence-corrected chi connectivity index (χ2v) is 4.31. The number of nitrogens with zero attached hydrogens (tertiary/aromatic N) is 2. The molecule has 0 unspecified atom stereocenters. The predicted molar refractivity (Wildman–Crippen MR) is 55.6 cm³/mol. The average Bonchev–Trinajstić information content (AvgIpc) is 2.66. The van der Waals surface area contributed by atoms with E-state index in [1.54, 1.807) is 0 Å². The number of hydrogen-bond acceptors (Lipinski definition) is 6. The van der Waals surface area contributed by atoms with Gasteiger partial charge in [-0.25, -0.2) is 0 Å². The first-order chi connectivity index (χ1) is 7.25. The molecule has 1 aromatic rings. The number of amides is 1. The van der Waals surface area contributed by atoms with E-state index in [-0.39, 0.29) is 11.9 Å². The van der Waals surface area contributed by atoms with Gasteiger partial charge in [0.1, 0.15) is 0 Å². The highest BCUT2D eigenvalue weighted by molar-refractivity contribution is 7.16. The second-order valence-electron chi connectivity index (χ2n) is 3.31. The fourth-order valence-electron chi connectivity index (χ4n) is 1.42. The number of aromatic nitrogens is 2. The molecule has 0 bridgehead atoms. The topological polar surface area (TPSA) is 90.1 Å². The van der Waals surface area contributed by atoms with Crippen molar-refractivity contribution in [3.8, 4) is 0 Å². The van der Waals surface area contributed by atoms with Gasteiger partial charge in [-0.15, -0.1) is 10.2 Å². The van der Waals surface area contributed by atoms with Gasteiger partial charge in [0.25, 0.3) is 5.91 Å². The van der Waals surface area contributed by atoms with Gasteiger partial charge in [0.2, 0.25) is 10.1 Å². The molecule has 3 N–H and O–H groups in total. The summed E-state index contributed by atoms with van der Waals surface area (Å²) in [7, 11) is 0. The van der Waals surface area contributed by atoms with Crippen LogP contribution in [0.3, 0.4) is 0 Å². The van der Waals surface area contributed by atoms with Crippen molar-refractivity contribution in [1.82, 2.24) is 15.5 Å². The molecule has 2 heterocycles. The molecule has 1 aliphatic heterocycles. The lowest BCUT2D eigenvalue weighted by Gasteiger charge is -2.22. The van der Waals surface area contributed by atoms with E-state index < -0.39 is 0 Å². The zero-order chi connectivity index (χ0) is 10.7. The smallest absolute Gasteiger partial charge is 0.282 e. The summed E-state index contributed by atoms with van der Waals surface area (Å²) in [6, 6.07) is 0.177. The highest BCUT2D eigenvalue weighted by Gasteiger charge is 2.19. The number of carbonyl (C=O) groups excluding carboxylic acids is 1. The molecule has 0 aromatic carbocycles. The molecule has 2 rings (SSSR count). The first kappa shape index (κ1) is 10.3. The summed E-state index contributed by atoms with van der Waals surface area (Å²) in [6.45, 7) is 1.40. The summed E-state index contributed by atoms with van der Waals surface area (Å²) >= 11 is 1.10. The molecule has 0 saturated carbocycles. The fraction of sp³-hybridized carbons (Fsp3) is 0.625. The van der Waals surface area contributed by atoms with E-state index >= 15 is 0 Å². The standard InChI is InChI=1S/C8H12N4O2S/c9-8-12-11-7(15-8)6(13)10-5-1-3-14-4-2-5/h5H,1-4H2,(H2,9,12)(H,10,13). The number of ether oxygens (including phenoxy) is 1. The fourth-order valence-corrected chi connectivity index (χ4v) is 1.93. The van der Waals surface area contributed by atoms with E-state index in [0.717, 1.165) is 24.2 Å². The number of anilines is 1. The van der Waals surface area contributed by atoms with Crippen LogP contribution in [0.4, 0.5) is 5.13 Å². The van der Waals surface area contributed by atoms with Crippen molar-refractivity contribution >= 4 is 22.4 Å². The van der Waals surface area contributed by atoms with Crippen LogP contribution in [-0.4, -0.2) is 35.4 Å². The molecule has 15 heavy (non-hydrogen) atoms. The summed E-state index contributed by atoms with van der Waals surface area (Å²) in [5.41, 5.74) is 5.39. The molecule has 0 radical (unpaired) electrons. The lowest BCUT2D eigenvalue weighted by Crippen LogP contribution is -2.38. The van der Waals surface area contributed by atoms with Crippen LogP contribution in [0.15, 0.2) is 0 Å². The minimum Gasteiger partial charge on any atom is -0.381 e. The van der Waals surface area contributed by atoms with Crippen molar-refractivity contribution in [2.45, 2.75) is 18.9 Å². The minimum absolute atomic E-state index is 0.177. The predicted octanol–water partition coefficient (Wildman–Crippen LogP) is 0.0291. The average molecular weight is 228 g/mol. The van der Waals surface area contributed by atoms with E-state index in [9.17, 15) is 4.79 Å². The van der Waals surface area contributed by atoms with Gasteiger partial charge in [0, 0.05) is 19.3 Å². The second kappa shape index (κ2) is 4.54. The van der Waals surface area contributed by atoms with Crippen molar-refractivity contribution in [2.24, 2.45) is 0 Å². The maximum Gasteiger partial charge on any atom is 0.282 e. The van der Waals surface area contributed by atoms with Gasteiger partial charge in [-0.1, -0.05) is 11.3 Å². The molecule has 6 nitrogen and oxygen atoms in total. The third-order valence-electron chi connectivity index (χ3n) is 2.19. The Labute approximate surface area is 90.8 Å². The summed E-state index contributed by atoms with van der Waals surface area (Å²) < 4.78 is 5.19. The molecule has 1 saturated heterocycles. The number of nitrogens with one attached hydrogen (secondary N) is 1. The molecule has 82 valence electrons. The maximum absolute atomic E-state index is 11.6. The zero-order valence-corrected chi connectivity index (χ0v) is 8.92. The van der Waals surface area contributed by atoms with E-state index in [1.807, 2.05) is 0 Å². The lowest BCUT2D eigenvalue weighted by atomic mass is 10.1. The Balaban J connectivity index is 1.91. The molecule has 1 fully saturated rings. The van der Waals surface area contributed by atoms with Crippen LogP contribution in [-0.2, 0) is 4.74 Å². The van der Waals surface area contributed by atoms with Crippen molar-refractivity contribution < 1.29 is 9.53 Å². The van der Waals surface area contributed by atoms with Crippen LogP contribution in [0, 0.1) is 0 Å². The Morgan fingerprint density at radius 3 is 2.80 bits per heavy atom. The Morgan fingerprint density at radius 1 is 1.47 bits per heavy atom. The number of nitrogen functional groups attached to an aromatic ring is 1. The van der Waals surface area contributed by atoms with Gasteiger partial charge in [0.15, 0.2) is 0 Å². The van der Waals surface area contributed by atoms with E-state index in [0.29, 0.717) is 23.4 Å². The van der Waals surface area contributed by atoms with Gasteiger partial charge in [-0.2, -0.15) is 0 Å². The van der Waals surface area contributed by atoms with Gasteiger partial charge in [-0.05, 0) is 12.8 Å². The summed E-state index contributed by atoms with van der Waals surface area (Å²) in [5, 5.41) is 10.8. The molecule has 1 aromatic heterocycles. The molecular weight excluding hydrogens is 216 g/mol.